The van der Waals surface area contributed by atoms with Crippen molar-refractivity contribution in [2.45, 2.75) is 25.8 Å². The molecule has 0 N–H and O–H groups in total. The smallest absolute Gasteiger partial charge is 0.165 e. The Morgan fingerprint density at radius 2 is 1.97 bits per heavy atom. The quantitative estimate of drug-likeness (QED) is 0.432. The number of hydrogen-bond acceptors (Lipinski definition) is 6. The summed E-state index contributed by atoms with van der Waals surface area (Å²) in [6, 6.07) is 10.6. The topological polar surface area (TPSA) is 70.1 Å². The lowest BCUT2D eigenvalue weighted by Crippen LogP contribution is -2.20. The third-order valence-corrected chi connectivity index (χ3v) is 6.61. The van der Waals surface area contributed by atoms with Gasteiger partial charge in [-0.2, -0.15) is 5.10 Å². The van der Waals surface area contributed by atoms with Crippen molar-refractivity contribution < 1.29 is 4.74 Å². The maximum atomic E-state index is 5.62. The van der Waals surface area contributed by atoms with Crippen LogP contribution < -0.4 is 0 Å². The molecule has 5 aromatic rings. The van der Waals surface area contributed by atoms with Crippen LogP contribution in [0.15, 0.2) is 48.9 Å². The molecule has 1 aliphatic rings. The number of aryl methyl sites for hydroxylation is 1. The molecule has 1 fully saturated rings. The van der Waals surface area contributed by atoms with E-state index in [1.165, 1.54) is 4.88 Å². The van der Waals surface area contributed by atoms with Gasteiger partial charge in [-0.05, 0) is 44.0 Å². The number of hydrogen-bond donors (Lipinski definition) is 0. The van der Waals surface area contributed by atoms with E-state index >= 15 is 0 Å². The summed E-state index contributed by atoms with van der Waals surface area (Å²) in [5, 5.41) is 4.44. The van der Waals surface area contributed by atoms with E-state index in [2.05, 4.69) is 33.7 Å². The standard InChI is InChI=1S/C22H20N6OS/c1-14-5-6-19(30-14)22-25-17-13-23-20(16-12-24-27-9-3-2-4-18(16)27)26-21(17)28(22)15-7-10-29-11-8-15/h2-6,9,12-13,15H,7-8,10-11H2,1H3. The van der Waals surface area contributed by atoms with Gasteiger partial charge in [0.2, 0.25) is 0 Å². The summed E-state index contributed by atoms with van der Waals surface area (Å²) in [5.74, 6) is 1.65. The summed E-state index contributed by atoms with van der Waals surface area (Å²) in [7, 11) is 0. The number of fused-ring (bicyclic) bond motifs is 2. The Morgan fingerprint density at radius 3 is 2.80 bits per heavy atom. The van der Waals surface area contributed by atoms with Crippen molar-refractivity contribution in [2.75, 3.05) is 13.2 Å². The summed E-state index contributed by atoms with van der Waals surface area (Å²) in [5.41, 5.74) is 3.61. The second-order valence-electron chi connectivity index (χ2n) is 7.55. The van der Waals surface area contributed by atoms with Gasteiger partial charge in [-0.15, -0.1) is 11.3 Å². The maximum absolute atomic E-state index is 5.62. The van der Waals surface area contributed by atoms with Gasteiger partial charge in [0, 0.05) is 30.3 Å². The summed E-state index contributed by atoms with van der Waals surface area (Å²) >= 11 is 1.76. The summed E-state index contributed by atoms with van der Waals surface area (Å²) in [6.45, 7) is 3.65. The molecule has 0 saturated carbocycles. The summed E-state index contributed by atoms with van der Waals surface area (Å²) < 4.78 is 9.77. The van der Waals surface area contributed by atoms with E-state index in [9.17, 15) is 0 Å². The lowest BCUT2D eigenvalue weighted by atomic mass is 10.1. The number of pyridine rings is 1. The van der Waals surface area contributed by atoms with Gasteiger partial charge in [-0.25, -0.2) is 19.5 Å². The number of nitrogens with zero attached hydrogens (tertiary/aromatic N) is 6. The highest BCUT2D eigenvalue weighted by atomic mass is 32.1. The monoisotopic (exact) mass is 416 g/mol. The Bertz CT molecular complexity index is 1360. The van der Waals surface area contributed by atoms with E-state index < -0.39 is 0 Å². The summed E-state index contributed by atoms with van der Waals surface area (Å²) in [4.78, 5) is 17.0. The van der Waals surface area contributed by atoms with Gasteiger partial charge in [0.25, 0.3) is 0 Å². The Kier molecular flexibility index (Phi) is 4.14. The molecule has 5 aromatic heterocycles. The molecule has 6 rings (SSSR count). The van der Waals surface area contributed by atoms with E-state index in [1.807, 2.05) is 41.3 Å². The number of rotatable bonds is 3. The van der Waals surface area contributed by atoms with E-state index in [4.69, 9.17) is 14.7 Å². The first-order valence-electron chi connectivity index (χ1n) is 10.1. The first-order valence-corrected chi connectivity index (χ1v) is 10.9. The molecule has 0 unspecified atom stereocenters. The van der Waals surface area contributed by atoms with Crippen LogP contribution in [0.25, 0.3) is 38.8 Å². The Morgan fingerprint density at radius 1 is 1.07 bits per heavy atom. The molecular weight excluding hydrogens is 396 g/mol. The van der Waals surface area contributed by atoms with Crippen molar-refractivity contribution in [3.63, 3.8) is 0 Å². The lowest BCUT2D eigenvalue weighted by Gasteiger charge is -2.25. The molecule has 1 saturated heterocycles. The van der Waals surface area contributed by atoms with Crippen LogP contribution in [-0.4, -0.2) is 42.3 Å². The summed E-state index contributed by atoms with van der Waals surface area (Å²) in [6.07, 6.45) is 7.51. The Labute approximate surface area is 177 Å². The van der Waals surface area contributed by atoms with E-state index in [1.54, 1.807) is 11.3 Å². The van der Waals surface area contributed by atoms with Crippen LogP contribution >= 0.6 is 11.3 Å². The largest absolute Gasteiger partial charge is 0.381 e. The van der Waals surface area contributed by atoms with Crippen LogP contribution in [0, 0.1) is 6.92 Å². The number of thiophene rings is 1. The van der Waals surface area contributed by atoms with Gasteiger partial charge < -0.3 is 9.30 Å². The van der Waals surface area contributed by atoms with Crippen molar-refractivity contribution in [3.8, 4) is 22.1 Å². The van der Waals surface area contributed by atoms with Crippen molar-refractivity contribution >= 4 is 28.0 Å². The fraction of sp³-hybridized carbons (Fsp3) is 0.273. The third-order valence-electron chi connectivity index (χ3n) is 5.62. The van der Waals surface area contributed by atoms with Gasteiger partial charge in [0.15, 0.2) is 17.3 Å². The van der Waals surface area contributed by atoms with Crippen LogP contribution in [-0.2, 0) is 4.74 Å². The molecule has 150 valence electrons. The minimum atomic E-state index is 0.313. The first kappa shape index (κ1) is 17.7. The number of imidazole rings is 1. The molecule has 1 aliphatic heterocycles. The number of ether oxygens (including phenoxy) is 1. The normalized spacial score (nSPS) is 15.4. The van der Waals surface area contributed by atoms with Crippen LogP contribution in [0.1, 0.15) is 23.8 Å². The predicted molar refractivity (Wildman–Crippen MR) is 117 cm³/mol. The van der Waals surface area contributed by atoms with Crippen LogP contribution in [0.2, 0.25) is 0 Å². The van der Waals surface area contributed by atoms with Crippen molar-refractivity contribution in [2.24, 2.45) is 0 Å². The molecule has 0 amide bonds. The van der Waals surface area contributed by atoms with Gasteiger partial charge in [0.1, 0.15) is 5.52 Å². The molecule has 0 aliphatic carbocycles. The molecule has 8 heteroatoms. The van der Waals surface area contributed by atoms with Crippen molar-refractivity contribution in [3.05, 3.63) is 53.8 Å². The molecule has 7 nitrogen and oxygen atoms in total. The highest BCUT2D eigenvalue weighted by molar-refractivity contribution is 7.15. The van der Waals surface area contributed by atoms with E-state index in [-0.39, 0.29) is 0 Å². The lowest BCUT2D eigenvalue weighted by molar-refractivity contribution is 0.0709. The van der Waals surface area contributed by atoms with Crippen LogP contribution in [0.5, 0.6) is 0 Å². The second-order valence-corrected chi connectivity index (χ2v) is 8.84. The average molecular weight is 417 g/mol. The molecule has 0 atom stereocenters. The minimum absolute atomic E-state index is 0.313. The van der Waals surface area contributed by atoms with Crippen molar-refractivity contribution in [1.82, 2.24) is 29.1 Å². The second kappa shape index (κ2) is 7.00. The van der Waals surface area contributed by atoms with Gasteiger partial charge >= 0.3 is 0 Å². The zero-order valence-electron chi connectivity index (χ0n) is 16.5. The van der Waals surface area contributed by atoms with Gasteiger partial charge in [-0.3, -0.25) is 0 Å². The maximum Gasteiger partial charge on any atom is 0.165 e. The predicted octanol–water partition coefficient (Wildman–Crippen LogP) is 4.53. The number of aromatic nitrogens is 6. The van der Waals surface area contributed by atoms with Gasteiger partial charge in [-0.1, -0.05) is 6.07 Å². The minimum Gasteiger partial charge on any atom is -0.381 e. The van der Waals surface area contributed by atoms with Gasteiger partial charge in [0.05, 0.1) is 28.4 Å². The molecule has 0 aromatic carbocycles. The molecule has 0 bridgehead atoms. The molecular formula is C22H20N6OS. The van der Waals surface area contributed by atoms with E-state index in [0.717, 1.165) is 59.0 Å². The highest BCUT2D eigenvalue weighted by Gasteiger charge is 2.25. The first-order chi connectivity index (χ1) is 14.8. The van der Waals surface area contributed by atoms with E-state index in [0.29, 0.717) is 11.9 Å². The SMILES string of the molecule is Cc1ccc(-c2nc3cnc(-c4cnn5ccccc45)nc3n2C2CCOCC2)s1. The third kappa shape index (κ3) is 2.83. The zero-order chi connectivity index (χ0) is 20.1. The molecule has 0 radical (unpaired) electrons. The van der Waals surface area contributed by atoms with Crippen LogP contribution in [0.4, 0.5) is 0 Å². The highest BCUT2D eigenvalue weighted by Crippen LogP contribution is 2.35. The molecule has 6 heterocycles. The fourth-order valence-corrected chi connectivity index (χ4v) is 5.00. The average Bonchev–Trinajstić information content (AvgIpc) is 3.50. The Balaban J connectivity index is 1.57. The van der Waals surface area contributed by atoms with Crippen LogP contribution in [0.3, 0.4) is 0 Å². The fourth-order valence-electron chi connectivity index (χ4n) is 4.15. The molecule has 0 spiro atoms. The van der Waals surface area contributed by atoms with Crippen molar-refractivity contribution in [1.29, 1.82) is 0 Å². The zero-order valence-corrected chi connectivity index (χ0v) is 17.3. The Hall–Kier alpha value is -3.10. The molecule has 30 heavy (non-hydrogen) atoms.